The first kappa shape index (κ1) is 13.8. The van der Waals surface area contributed by atoms with Crippen molar-refractivity contribution >= 4 is 0 Å². The van der Waals surface area contributed by atoms with Crippen LogP contribution in [0.5, 0.6) is 11.5 Å². The molecule has 3 rings (SSSR count). The summed E-state index contributed by atoms with van der Waals surface area (Å²) in [6.45, 7) is 0.107. The van der Waals surface area contributed by atoms with Gasteiger partial charge in [-0.25, -0.2) is 8.78 Å². The summed E-state index contributed by atoms with van der Waals surface area (Å²) in [5.41, 5.74) is 2.84. The minimum Gasteiger partial charge on any atom is -0.491 e. The van der Waals surface area contributed by atoms with Crippen LogP contribution < -0.4 is 15.0 Å². The molecule has 1 atom stereocenters. The summed E-state index contributed by atoms with van der Waals surface area (Å²) < 4.78 is 37.8. The Balaban J connectivity index is 1.75. The lowest BCUT2D eigenvalue weighted by Gasteiger charge is -2.10. The highest BCUT2D eigenvalue weighted by Gasteiger charge is 2.23. The van der Waals surface area contributed by atoms with Gasteiger partial charge in [0.2, 0.25) is 0 Å². The van der Waals surface area contributed by atoms with Crippen molar-refractivity contribution in [1.29, 1.82) is 0 Å². The molecule has 2 N–H and O–H groups in total. The van der Waals surface area contributed by atoms with E-state index in [1.54, 1.807) is 18.2 Å². The summed E-state index contributed by atoms with van der Waals surface area (Å²) in [5, 5.41) is 8.95. The molecule has 1 heterocycles. The molecule has 0 saturated heterocycles. The summed E-state index contributed by atoms with van der Waals surface area (Å²) in [6.07, 6.45) is 0. The van der Waals surface area contributed by atoms with Gasteiger partial charge in [0.15, 0.2) is 0 Å². The number of fused-ring (bicyclic) bond motifs is 1. The van der Waals surface area contributed by atoms with Crippen LogP contribution in [0.1, 0.15) is 17.2 Å². The molecule has 4 nitrogen and oxygen atoms in total. The van der Waals surface area contributed by atoms with Crippen LogP contribution in [0.4, 0.5) is 8.78 Å². The molecule has 2 aromatic rings. The lowest BCUT2D eigenvalue weighted by Crippen LogP contribution is -2.17. The minimum atomic E-state index is -0.642. The maximum atomic E-state index is 13.5. The second-order valence-corrected chi connectivity index (χ2v) is 4.68. The Morgan fingerprint density at radius 1 is 1.24 bits per heavy atom. The van der Waals surface area contributed by atoms with Gasteiger partial charge in [-0.15, -0.1) is 0 Å². The summed E-state index contributed by atoms with van der Waals surface area (Å²) in [7, 11) is 0. The van der Waals surface area contributed by atoms with Crippen molar-refractivity contribution in [3.63, 3.8) is 0 Å². The minimum absolute atomic E-state index is 0.117. The van der Waals surface area contributed by atoms with Gasteiger partial charge in [0.25, 0.3) is 0 Å². The Morgan fingerprint density at radius 3 is 2.71 bits per heavy atom. The molecular weight excluding hydrogens is 280 g/mol. The van der Waals surface area contributed by atoms with Gasteiger partial charge in [-0.3, -0.25) is 0 Å². The Labute approximate surface area is 119 Å². The van der Waals surface area contributed by atoms with Crippen molar-refractivity contribution < 1.29 is 23.5 Å². The van der Waals surface area contributed by atoms with Crippen molar-refractivity contribution in [2.75, 3.05) is 6.61 Å². The van der Waals surface area contributed by atoms with Gasteiger partial charge in [0, 0.05) is 11.6 Å². The molecule has 1 aliphatic rings. The second kappa shape index (κ2) is 5.67. The van der Waals surface area contributed by atoms with Gasteiger partial charge in [-0.1, -0.05) is 6.07 Å². The van der Waals surface area contributed by atoms with Crippen molar-refractivity contribution in [3.05, 3.63) is 59.2 Å². The monoisotopic (exact) mass is 293 g/mol. The van der Waals surface area contributed by atoms with E-state index >= 15 is 0 Å². The van der Waals surface area contributed by atoms with Crippen molar-refractivity contribution in [1.82, 2.24) is 5.48 Å². The maximum Gasteiger partial charge on any atom is 0.132 e. The standard InChI is InChI=1S/C15H13F2NO3/c16-12-2-1-3-13(17)11(12)7-20-9-4-5-10-14(18-19)8-21-15(10)6-9/h1-6,14,18-19H,7-8H2/t14-/m1/s1. The maximum absolute atomic E-state index is 13.5. The summed E-state index contributed by atoms with van der Waals surface area (Å²) in [4.78, 5) is 0. The fourth-order valence-corrected chi connectivity index (χ4v) is 2.21. The van der Waals surface area contributed by atoms with E-state index in [1.165, 1.54) is 18.2 Å². The third-order valence-electron chi connectivity index (χ3n) is 3.37. The Kier molecular flexibility index (Phi) is 3.72. The van der Waals surface area contributed by atoms with Crippen molar-refractivity contribution in [2.24, 2.45) is 0 Å². The lowest BCUT2D eigenvalue weighted by molar-refractivity contribution is 0.113. The van der Waals surface area contributed by atoms with Crippen LogP contribution in [0.15, 0.2) is 36.4 Å². The van der Waals surface area contributed by atoms with Gasteiger partial charge in [-0.2, -0.15) is 5.48 Å². The molecule has 0 amide bonds. The Morgan fingerprint density at radius 2 is 2.00 bits per heavy atom. The molecule has 0 aliphatic carbocycles. The number of rotatable bonds is 4. The molecule has 0 aromatic heterocycles. The summed E-state index contributed by atoms with van der Waals surface area (Å²) in [5.74, 6) is -0.267. The first-order valence-electron chi connectivity index (χ1n) is 6.41. The molecule has 21 heavy (non-hydrogen) atoms. The van der Waals surface area contributed by atoms with E-state index in [-0.39, 0.29) is 18.2 Å². The van der Waals surface area contributed by atoms with Crippen LogP contribution >= 0.6 is 0 Å². The van der Waals surface area contributed by atoms with Crippen LogP contribution in [-0.4, -0.2) is 11.8 Å². The zero-order valence-corrected chi connectivity index (χ0v) is 11.0. The number of hydrogen-bond donors (Lipinski definition) is 2. The second-order valence-electron chi connectivity index (χ2n) is 4.68. The molecule has 1 aliphatic heterocycles. The fourth-order valence-electron chi connectivity index (χ4n) is 2.21. The van der Waals surface area contributed by atoms with Crippen molar-refractivity contribution in [3.8, 4) is 11.5 Å². The van der Waals surface area contributed by atoms with E-state index in [0.29, 0.717) is 18.1 Å². The van der Waals surface area contributed by atoms with Gasteiger partial charge in [-0.05, 0) is 24.3 Å². The van der Waals surface area contributed by atoms with E-state index < -0.39 is 11.6 Å². The van der Waals surface area contributed by atoms with Gasteiger partial charge >= 0.3 is 0 Å². The van der Waals surface area contributed by atoms with Crippen molar-refractivity contribution in [2.45, 2.75) is 12.6 Å². The number of nitrogens with one attached hydrogen (secondary N) is 1. The molecule has 0 spiro atoms. The third kappa shape index (κ3) is 2.68. The zero-order chi connectivity index (χ0) is 14.8. The highest BCUT2D eigenvalue weighted by Crippen LogP contribution is 2.35. The first-order valence-corrected chi connectivity index (χ1v) is 6.41. The largest absolute Gasteiger partial charge is 0.491 e. The van der Waals surface area contributed by atoms with E-state index in [1.807, 2.05) is 0 Å². The summed E-state index contributed by atoms with van der Waals surface area (Å²) >= 11 is 0. The number of benzene rings is 2. The van der Waals surface area contributed by atoms with Gasteiger partial charge < -0.3 is 14.7 Å². The number of hydrogen-bond acceptors (Lipinski definition) is 4. The Hall–Kier alpha value is -2.18. The van der Waals surface area contributed by atoms with Crippen LogP contribution in [-0.2, 0) is 6.61 Å². The lowest BCUT2D eigenvalue weighted by atomic mass is 10.1. The molecule has 0 radical (unpaired) electrons. The predicted octanol–water partition coefficient (Wildman–Crippen LogP) is 2.96. The number of halogens is 2. The van der Waals surface area contributed by atoms with E-state index in [9.17, 15) is 8.78 Å². The smallest absolute Gasteiger partial charge is 0.132 e. The zero-order valence-electron chi connectivity index (χ0n) is 11.0. The summed E-state index contributed by atoms with van der Waals surface area (Å²) in [6, 6.07) is 8.43. The molecule has 0 saturated carbocycles. The molecule has 0 bridgehead atoms. The molecule has 0 fully saturated rings. The Bertz CT molecular complexity index is 643. The third-order valence-corrected chi connectivity index (χ3v) is 3.37. The average molecular weight is 293 g/mol. The SMILES string of the molecule is ON[C@@H]1COc2cc(OCc3c(F)cccc3F)ccc21. The molecule has 6 heteroatoms. The molecular formula is C15H13F2NO3. The molecule has 0 unspecified atom stereocenters. The van der Waals surface area contributed by atoms with E-state index in [0.717, 1.165) is 5.56 Å². The van der Waals surface area contributed by atoms with Crippen LogP contribution in [0.25, 0.3) is 0 Å². The van der Waals surface area contributed by atoms with Crippen LogP contribution in [0, 0.1) is 11.6 Å². The van der Waals surface area contributed by atoms with E-state index in [2.05, 4.69) is 5.48 Å². The fraction of sp³-hybridized carbons (Fsp3) is 0.200. The molecule has 2 aromatic carbocycles. The van der Waals surface area contributed by atoms with Gasteiger partial charge in [0.05, 0.1) is 11.6 Å². The highest BCUT2D eigenvalue weighted by atomic mass is 19.1. The predicted molar refractivity (Wildman–Crippen MR) is 70.3 cm³/mol. The number of hydroxylamine groups is 1. The number of ether oxygens (including phenoxy) is 2. The van der Waals surface area contributed by atoms with Crippen LogP contribution in [0.2, 0.25) is 0 Å². The molecule has 110 valence electrons. The highest BCUT2D eigenvalue weighted by molar-refractivity contribution is 5.45. The van der Waals surface area contributed by atoms with Crippen LogP contribution in [0.3, 0.4) is 0 Å². The quantitative estimate of drug-likeness (QED) is 0.851. The van der Waals surface area contributed by atoms with Gasteiger partial charge in [0.1, 0.15) is 36.3 Å². The first-order chi connectivity index (χ1) is 10.2. The average Bonchev–Trinajstić information content (AvgIpc) is 2.89. The van der Waals surface area contributed by atoms with E-state index in [4.69, 9.17) is 14.7 Å². The normalized spacial score (nSPS) is 16.4. The topological polar surface area (TPSA) is 50.7 Å².